The van der Waals surface area contributed by atoms with Crippen LogP contribution >= 0.6 is 11.8 Å². The largest absolute Gasteiger partial charge is 0.464 e. The maximum Gasteiger partial charge on any atom is 0.223 e. The zero-order valence-corrected chi connectivity index (χ0v) is 12.3. The number of hydrogen-bond donors (Lipinski definition) is 1. The third-order valence-corrected chi connectivity index (χ3v) is 3.85. The van der Waals surface area contributed by atoms with Crippen molar-refractivity contribution in [3.63, 3.8) is 0 Å². The Morgan fingerprint density at radius 1 is 1.37 bits per heavy atom. The highest BCUT2D eigenvalue weighted by molar-refractivity contribution is 7.97. The third-order valence-electron chi connectivity index (χ3n) is 3.28. The number of carbonyl (C=O) groups is 1. The van der Waals surface area contributed by atoms with Crippen LogP contribution in [0, 0.1) is 0 Å². The molecule has 0 unspecified atom stereocenters. The summed E-state index contributed by atoms with van der Waals surface area (Å²) in [6, 6.07) is 4.02. The van der Waals surface area contributed by atoms with Crippen molar-refractivity contribution in [2.75, 3.05) is 25.9 Å². The lowest BCUT2D eigenvalue weighted by Crippen LogP contribution is -2.30. The van der Waals surface area contributed by atoms with Crippen molar-refractivity contribution < 1.29 is 9.21 Å². The number of thioether (sulfide) groups is 1. The average molecular weight is 282 g/mol. The smallest absolute Gasteiger partial charge is 0.223 e. The molecule has 5 heteroatoms. The van der Waals surface area contributed by atoms with Crippen molar-refractivity contribution in [1.29, 1.82) is 0 Å². The summed E-state index contributed by atoms with van der Waals surface area (Å²) in [5, 5.41) is 3.26. The Balaban J connectivity index is 1.61. The first kappa shape index (κ1) is 14.5. The molecule has 19 heavy (non-hydrogen) atoms. The fourth-order valence-corrected chi connectivity index (χ4v) is 2.71. The Hall–Kier alpha value is -0.940. The van der Waals surface area contributed by atoms with Crippen molar-refractivity contribution in [3.05, 3.63) is 23.7 Å². The summed E-state index contributed by atoms with van der Waals surface area (Å²) >= 11 is 1.75. The first-order chi connectivity index (χ1) is 9.29. The summed E-state index contributed by atoms with van der Waals surface area (Å²) in [5.41, 5.74) is 0. The molecule has 0 atom stereocenters. The minimum absolute atomic E-state index is 0.271. The van der Waals surface area contributed by atoms with Crippen LogP contribution in [0.15, 0.2) is 16.5 Å². The molecule has 0 aromatic carbocycles. The van der Waals surface area contributed by atoms with E-state index < -0.39 is 0 Å². The molecule has 1 saturated heterocycles. The van der Waals surface area contributed by atoms with Crippen LogP contribution in [0.25, 0.3) is 0 Å². The van der Waals surface area contributed by atoms with Gasteiger partial charge in [-0.1, -0.05) is 0 Å². The molecule has 106 valence electrons. The molecule has 0 radical (unpaired) electrons. The van der Waals surface area contributed by atoms with Crippen LogP contribution in [0.1, 0.15) is 30.8 Å². The number of rotatable bonds is 7. The van der Waals surface area contributed by atoms with Gasteiger partial charge in [-0.15, -0.1) is 0 Å². The number of nitrogens with one attached hydrogen (secondary N) is 1. The second-order valence-corrected chi connectivity index (χ2v) is 5.68. The summed E-state index contributed by atoms with van der Waals surface area (Å²) in [5.74, 6) is 3.13. The summed E-state index contributed by atoms with van der Waals surface area (Å²) in [6.45, 7) is 3.29. The van der Waals surface area contributed by atoms with E-state index in [0.29, 0.717) is 19.5 Å². The number of likely N-dealkylation sites (tertiary alicyclic amines) is 1. The Labute approximate surface area is 118 Å². The van der Waals surface area contributed by atoms with Crippen LogP contribution in [0.3, 0.4) is 0 Å². The zero-order valence-electron chi connectivity index (χ0n) is 11.5. The van der Waals surface area contributed by atoms with Gasteiger partial charge >= 0.3 is 0 Å². The lowest BCUT2D eigenvalue weighted by molar-refractivity contribution is -0.130. The van der Waals surface area contributed by atoms with E-state index in [1.807, 2.05) is 17.0 Å². The summed E-state index contributed by atoms with van der Waals surface area (Å²) < 4.78 is 5.65. The zero-order chi connectivity index (χ0) is 13.5. The van der Waals surface area contributed by atoms with Gasteiger partial charge in [-0.2, -0.15) is 11.8 Å². The molecule has 0 aliphatic carbocycles. The van der Waals surface area contributed by atoms with Crippen molar-refractivity contribution in [1.82, 2.24) is 10.2 Å². The summed E-state index contributed by atoms with van der Waals surface area (Å²) in [4.78, 5) is 13.8. The van der Waals surface area contributed by atoms with Crippen molar-refractivity contribution in [3.8, 4) is 0 Å². The first-order valence-corrected chi connectivity index (χ1v) is 8.24. The quantitative estimate of drug-likeness (QED) is 0.779. The third kappa shape index (κ3) is 4.58. The van der Waals surface area contributed by atoms with Crippen LogP contribution in [-0.4, -0.2) is 36.7 Å². The van der Waals surface area contributed by atoms with E-state index >= 15 is 0 Å². The van der Waals surface area contributed by atoms with Crippen molar-refractivity contribution >= 4 is 17.7 Å². The molecule has 1 aromatic rings. The molecule has 4 nitrogen and oxygen atoms in total. The van der Waals surface area contributed by atoms with Gasteiger partial charge in [0.1, 0.15) is 11.5 Å². The minimum atomic E-state index is 0.271. The number of nitrogens with zero attached hydrogens (tertiary/aromatic N) is 1. The maximum atomic E-state index is 11.8. The highest BCUT2D eigenvalue weighted by Gasteiger charge is 2.16. The fraction of sp³-hybridized carbons (Fsp3) is 0.643. The molecule has 0 spiro atoms. The standard InChI is InChI=1S/C14H22N2O2S/c1-19-11-13-5-4-12(18-13)10-15-7-6-14(17)16-8-2-3-9-16/h4-5,15H,2-3,6-11H2,1H3. The molecular weight excluding hydrogens is 260 g/mol. The minimum Gasteiger partial charge on any atom is -0.464 e. The average Bonchev–Trinajstić information content (AvgIpc) is 3.06. The van der Waals surface area contributed by atoms with E-state index in [2.05, 4.69) is 11.6 Å². The highest BCUT2D eigenvalue weighted by atomic mass is 32.2. The second-order valence-electron chi connectivity index (χ2n) is 4.82. The predicted octanol–water partition coefficient (Wildman–Crippen LogP) is 2.24. The molecule has 1 amide bonds. The van der Waals surface area contributed by atoms with Gasteiger partial charge in [-0.05, 0) is 31.2 Å². The first-order valence-electron chi connectivity index (χ1n) is 6.84. The molecule has 1 aliphatic rings. The van der Waals surface area contributed by atoms with Gasteiger partial charge in [0, 0.05) is 26.1 Å². The number of carbonyl (C=O) groups excluding carboxylic acids is 1. The monoisotopic (exact) mass is 282 g/mol. The van der Waals surface area contributed by atoms with E-state index in [-0.39, 0.29) is 5.91 Å². The topological polar surface area (TPSA) is 45.5 Å². The molecule has 2 heterocycles. The van der Waals surface area contributed by atoms with E-state index in [1.54, 1.807) is 11.8 Å². The maximum absolute atomic E-state index is 11.8. The Kier molecular flexibility index (Phi) is 5.79. The summed E-state index contributed by atoms with van der Waals surface area (Å²) in [6.07, 6.45) is 4.95. The van der Waals surface area contributed by atoms with Crippen molar-refractivity contribution in [2.24, 2.45) is 0 Å². The molecule has 0 bridgehead atoms. The highest BCUT2D eigenvalue weighted by Crippen LogP contribution is 2.13. The molecular formula is C14H22N2O2S. The Morgan fingerprint density at radius 2 is 2.11 bits per heavy atom. The fourth-order valence-electron chi connectivity index (χ4n) is 2.27. The van der Waals surface area contributed by atoms with Crippen LogP contribution < -0.4 is 5.32 Å². The molecule has 1 aliphatic heterocycles. The van der Waals surface area contributed by atoms with E-state index in [4.69, 9.17) is 4.42 Å². The molecule has 0 saturated carbocycles. The van der Waals surface area contributed by atoms with Gasteiger partial charge in [0.15, 0.2) is 0 Å². The van der Waals surface area contributed by atoms with Gasteiger partial charge in [0.05, 0.1) is 12.3 Å². The Morgan fingerprint density at radius 3 is 2.84 bits per heavy atom. The number of hydrogen-bond acceptors (Lipinski definition) is 4. The summed E-state index contributed by atoms with van der Waals surface area (Å²) in [7, 11) is 0. The lowest BCUT2D eigenvalue weighted by Gasteiger charge is -2.14. The molecule has 2 rings (SSSR count). The molecule has 1 fully saturated rings. The van der Waals surface area contributed by atoms with Gasteiger partial charge in [-0.25, -0.2) is 0 Å². The van der Waals surface area contributed by atoms with Gasteiger partial charge in [0.2, 0.25) is 5.91 Å². The van der Waals surface area contributed by atoms with Gasteiger partial charge in [0.25, 0.3) is 0 Å². The normalized spacial score (nSPS) is 15.1. The van der Waals surface area contributed by atoms with Crippen LogP contribution in [0.5, 0.6) is 0 Å². The van der Waals surface area contributed by atoms with E-state index in [9.17, 15) is 4.79 Å². The van der Waals surface area contributed by atoms with Gasteiger partial charge in [-0.3, -0.25) is 4.79 Å². The SMILES string of the molecule is CSCc1ccc(CNCCC(=O)N2CCCC2)o1. The van der Waals surface area contributed by atoms with Gasteiger partial charge < -0.3 is 14.6 Å². The predicted molar refractivity (Wildman–Crippen MR) is 78.1 cm³/mol. The van der Waals surface area contributed by atoms with E-state index in [1.165, 1.54) is 0 Å². The number of amides is 1. The van der Waals surface area contributed by atoms with E-state index in [0.717, 1.165) is 43.2 Å². The van der Waals surface area contributed by atoms with Crippen LogP contribution in [-0.2, 0) is 17.1 Å². The second kappa shape index (κ2) is 7.60. The van der Waals surface area contributed by atoms with Crippen LogP contribution in [0.4, 0.5) is 0 Å². The molecule has 1 aromatic heterocycles. The number of furan rings is 1. The lowest BCUT2D eigenvalue weighted by atomic mass is 10.3. The van der Waals surface area contributed by atoms with Crippen LogP contribution in [0.2, 0.25) is 0 Å². The molecule has 1 N–H and O–H groups in total. The Bertz CT molecular complexity index is 400. The van der Waals surface area contributed by atoms with Crippen molar-refractivity contribution in [2.45, 2.75) is 31.6 Å².